The van der Waals surface area contributed by atoms with Crippen LogP contribution in [-0.2, 0) is 28.9 Å². The zero-order valence-electron chi connectivity index (χ0n) is 14.7. The molecule has 0 saturated carbocycles. The van der Waals surface area contributed by atoms with E-state index in [1.54, 1.807) is 0 Å². The number of ether oxygens (including phenoxy) is 1. The fourth-order valence-electron chi connectivity index (χ4n) is 3.74. The van der Waals surface area contributed by atoms with Crippen molar-refractivity contribution in [2.75, 3.05) is 27.2 Å². The number of aliphatic imine (C=N–C) groups is 1. The maximum atomic E-state index is 11.6. The summed E-state index contributed by atoms with van der Waals surface area (Å²) in [4.78, 5) is 18.3. The molecule has 130 valence electrons. The molecular weight excluding hydrogens is 302 g/mol. The standard InChI is InChI=1S/C19H27N3O2/c1-20-19(22-10-8-16(9-11-22)18(23)24-2)21-13-14-6-7-15-4-3-5-17(15)12-14/h6-7,12,16H,3-5,8-11,13H2,1-2H3,(H,20,21). The quantitative estimate of drug-likeness (QED) is 0.524. The number of guanidine groups is 1. The van der Waals surface area contributed by atoms with E-state index in [-0.39, 0.29) is 11.9 Å². The van der Waals surface area contributed by atoms with Gasteiger partial charge < -0.3 is 15.0 Å². The molecule has 1 saturated heterocycles. The van der Waals surface area contributed by atoms with E-state index in [0.29, 0.717) is 0 Å². The third-order valence-corrected chi connectivity index (χ3v) is 5.15. The van der Waals surface area contributed by atoms with E-state index in [9.17, 15) is 4.79 Å². The maximum Gasteiger partial charge on any atom is 0.308 e. The van der Waals surface area contributed by atoms with Gasteiger partial charge in [-0.25, -0.2) is 0 Å². The predicted molar refractivity (Wildman–Crippen MR) is 95.0 cm³/mol. The molecule has 0 radical (unpaired) electrons. The van der Waals surface area contributed by atoms with Gasteiger partial charge in [0.1, 0.15) is 0 Å². The summed E-state index contributed by atoms with van der Waals surface area (Å²) >= 11 is 0. The summed E-state index contributed by atoms with van der Waals surface area (Å²) in [5, 5.41) is 3.46. The van der Waals surface area contributed by atoms with Gasteiger partial charge in [-0.1, -0.05) is 18.2 Å². The number of piperidine rings is 1. The Bertz CT molecular complexity index is 619. The van der Waals surface area contributed by atoms with Gasteiger partial charge in [-0.3, -0.25) is 9.79 Å². The SMILES string of the molecule is CN=C(NCc1ccc2c(c1)CCC2)N1CCC(C(=O)OC)CC1. The lowest BCUT2D eigenvalue weighted by molar-refractivity contribution is -0.146. The van der Waals surface area contributed by atoms with Crippen molar-refractivity contribution < 1.29 is 9.53 Å². The third kappa shape index (κ3) is 3.71. The van der Waals surface area contributed by atoms with Crippen LogP contribution in [0.3, 0.4) is 0 Å². The Morgan fingerprint density at radius 3 is 2.75 bits per heavy atom. The maximum absolute atomic E-state index is 11.6. The summed E-state index contributed by atoms with van der Waals surface area (Å²) in [6.07, 6.45) is 5.36. The van der Waals surface area contributed by atoms with E-state index in [0.717, 1.165) is 38.4 Å². The lowest BCUT2D eigenvalue weighted by Gasteiger charge is -2.33. The highest BCUT2D eigenvalue weighted by Gasteiger charge is 2.26. The van der Waals surface area contributed by atoms with Gasteiger partial charge in [-0.15, -0.1) is 0 Å². The molecule has 0 bridgehead atoms. The van der Waals surface area contributed by atoms with Crippen LogP contribution < -0.4 is 5.32 Å². The first kappa shape index (κ1) is 16.8. The van der Waals surface area contributed by atoms with E-state index in [2.05, 4.69) is 33.4 Å². The Morgan fingerprint density at radius 1 is 1.29 bits per heavy atom. The van der Waals surface area contributed by atoms with Crippen LogP contribution in [0.5, 0.6) is 0 Å². The predicted octanol–water partition coefficient (Wildman–Crippen LogP) is 2.14. The van der Waals surface area contributed by atoms with Crippen molar-refractivity contribution in [3.8, 4) is 0 Å². The number of carbonyl (C=O) groups excluding carboxylic acids is 1. The molecule has 1 aromatic carbocycles. The summed E-state index contributed by atoms with van der Waals surface area (Å²) in [6.45, 7) is 2.46. The van der Waals surface area contributed by atoms with Crippen molar-refractivity contribution in [3.05, 3.63) is 34.9 Å². The van der Waals surface area contributed by atoms with Crippen LogP contribution in [0.4, 0.5) is 0 Å². The molecule has 24 heavy (non-hydrogen) atoms. The first-order chi connectivity index (χ1) is 11.7. The number of hydrogen-bond acceptors (Lipinski definition) is 3. The average Bonchev–Trinajstić information content (AvgIpc) is 3.10. The summed E-state index contributed by atoms with van der Waals surface area (Å²) < 4.78 is 4.85. The number of esters is 1. The Balaban J connectivity index is 1.53. The summed E-state index contributed by atoms with van der Waals surface area (Å²) in [7, 11) is 3.28. The molecule has 5 nitrogen and oxygen atoms in total. The van der Waals surface area contributed by atoms with Crippen molar-refractivity contribution in [1.82, 2.24) is 10.2 Å². The van der Waals surface area contributed by atoms with Crippen LogP contribution >= 0.6 is 0 Å². The third-order valence-electron chi connectivity index (χ3n) is 5.15. The number of likely N-dealkylation sites (tertiary alicyclic amines) is 1. The van der Waals surface area contributed by atoms with E-state index >= 15 is 0 Å². The monoisotopic (exact) mass is 329 g/mol. The smallest absolute Gasteiger partial charge is 0.308 e. The normalized spacial score (nSPS) is 18.4. The number of methoxy groups -OCH3 is 1. The molecule has 5 heteroatoms. The molecule has 1 aliphatic heterocycles. The minimum Gasteiger partial charge on any atom is -0.469 e. The summed E-state index contributed by atoms with van der Waals surface area (Å²) in [5.74, 6) is 0.857. The average molecular weight is 329 g/mol. The number of benzene rings is 1. The minimum atomic E-state index is -0.0873. The highest BCUT2D eigenvalue weighted by molar-refractivity contribution is 5.80. The molecule has 0 unspecified atom stereocenters. The minimum absolute atomic E-state index is 0.0288. The second-order valence-electron chi connectivity index (χ2n) is 6.64. The number of aryl methyl sites for hydroxylation is 2. The second kappa shape index (κ2) is 7.69. The molecule has 1 N–H and O–H groups in total. The number of fused-ring (bicyclic) bond motifs is 1. The Hall–Kier alpha value is -2.04. The zero-order valence-corrected chi connectivity index (χ0v) is 14.7. The fourth-order valence-corrected chi connectivity index (χ4v) is 3.74. The van der Waals surface area contributed by atoms with Crippen LogP contribution in [0.1, 0.15) is 36.0 Å². The van der Waals surface area contributed by atoms with Gasteiger partial charge in [0.15, 0.2) is 5.96 Å². The largest absolute Gasteiger partial charge is 0.469 e. The first-order valence-corrected chi connectivity index (χ1v) is 8.85. The highest BCUT2D eigenvalue weighted by atomic mass is 16.5. The number of nitrogens with one attached hydrogen (secondary N) is 1. The van der Waals surface area contributed by atoms with Crippen molar-refractivity contribution >= 4 is 11.9 Å². The van der Waals surface area contributed by atoms with Crippen LogP contribution in [0.15, 0.2) is 23.2 Å². The molecule has 1 aromatic rings. The molecule has 3 rings (SSSR count). The van der Waals surface area contributed by atoms with Crippen molar-refractivity contribution in [1.29, 1.82) is 0 Å². The second-order valence-corrected chi connectivity index (χ2v) is 6.64. The lowest BCUT2D eigenvalue weighted by Crippen LogP contribution is -2.46. The number of hydrogen-bond donors (Lipinski definition) is 1. The highest BCUT2D eigenvalue weighted by Crippen LogP contribution is 2.23. The number of carbonyl (C=O) groups is 1. The van der Waals surface area contributed by atoms with Gasteiger partial charge in [0.2, 0.25) is 0 Å². The number of nitrogens with zero attached hydrogens (tertiary/aromatic N) is 2. The van der Waals surface area contributed by atoms with Gasteiger partial charge in [0.25, 0.3) is 0 Å². The fraction of sp³-hybridized carbons (Fsp3) is 0.579. The van der Waals surface area contributed by atoms with Crippen LogP contribution in [0.2, 0.25) is 0 Å². The summed E-state index contributed by atoms with van der Waals surface area (Å²) in [5.41, 5.74) is 4.32. The Kier molecular flexibility index (Phi) is 5.38. The molecular formula is C19H27N3O2. The van der Waals surface area contributed by atoms with Gasteiger partial charge in [-0.05, 0) is 48.8 Å². The van der Waals surface area contributed by atoms with E-state index in [4.69, 9.17) is 4.74 Å². The van der Waals surface area contributed by atoms with E-state index < -0.39 is 0 Å². The van der Waals surface area contributed by atoms with Crippen LogP contribution in [-0.4, -0.2) is 44.1 Å². The first-order valence-electron chi connectivity index (χ1n) is 8.85. The molecule has 0 spiro atoms. The molecule has 2 aliphatic rings. The molecule has 0 aromatic heterocycles. The van der Waals surface area contributed by atoms with E-state index in [1.165, 1.54) is 43.1 Å². The molecule has 0 atom stereocenters. The molecule has 1 aliphatic carbocycles. The van der Waals surface area contributed by atoms with E-state index in [1.807, 2.05) is 7.05 Å². The molecule has 0 amide bonds. The summed E-state index contributed by atoms with van der Waals surface area (Å²) in [6, 6.07) is 6.81. The Morgan fingerprint density at radius 2 is 2.04 bits per heavy atom. The van der Waals surface area contributed by atoms with Crippen molar-refractivity contribution in [2.45, 2.75) is 38.6 Å². The molecule has 1 fully saturated rings. The van der Waals surface area contributed by atoms with Crippen molar-refractivity contribution in [3.63, 3.8) is 0 Å². The Labute approximate surface area is 144 Å². The van der Waals surface area contributed by atoms with Crippen molar-refractivity contribution in [2.24, 2.45) is 10.9 Å². The van der Waals surface area contributed by atoms with Crippen LogP contribution in [0, 0.1) is 5.92 Å². The van der Waals surface area contributed by atoms with Gasteiger partial charge in [0, 0.05) is 26.7 Å². The van der Waals surface area contributed by atoms with Gasteiger partial charge >= 0.3 is 5.97 Å². The lowest BCUT2D eigenvalue weighted by atomic mass is 9.97. The van der Waals surface area contributed by atoms with Gasteiger partial charge in [-0.2, -0.15) is 0 Å². The van der Waals surface area contributed by atoms with Crippen LogP contribution in [0.25, 0.3) is 0 Å². The zero-order chi connectivity index (χ0) is 16.9. The van der Waals surface area contributed by atoms with Gasteiger partial charge in [0.05, 0.1) is 13.0 Å². The topological polar surface area (TPSA) is 53.9 Å². The number of rotatable bonds is 3. The molecule has 1 heterocycles.